The normalized spacial score (nSPS) is 10.4. The van der Waals surface area contributed by atoms with Gasteiger partial charge in [0, 0.05) is 10.9 Å². The Morgan fingerprint density at radius 1 is 1.44 bits per heavy atom. The van der Waals surface area contributed by atoms with Gasteiger partial charge in [-0.3, -0.25) is 0 Å². The van der Waals surface area contributed by atoms with E-state index in [9.17, 15) is 9.18 Å². The Hall–Kier alpha value is -1.75. The van der Waals surface area contributed by atoms with Gasteiger partial charge >= 0.3 is 5.97 Å². The first-order valence-corrected chi connectivity index (χ1v) is 5.40. The van der Waals surface area contributed by atoms with Crippen LogP contribution in [-0.2, 0) is 0 Å². The summed E-state index contributed by atoms with van der Waals surface area (Å²) in [6, 6.07) is 4.53. The predicted octanol–water partition coefficient (Wildman–Crippen LogP) is 2.96. The van der Waals surface area contributed by atoms with Crippen LogP contribution in [0, 0.1) is 12.7 Å². The number of hydrogen-bond acceptors (Lipinski definition) is 3. The molecule has 5 heteroatoms. The zero-order chi connectivity index (χ0) is 11.7. The summed E-state index contributed by atoms with van der Waals surface area (Å²) in [4.78, 5) is 14.6. The Morgan fingerprint density at radius 2 is 2.19 bits per heavy atom. The molecule has 16 heavy (non-hydrogen) atoms. The zero-order valence-corrected chi connectivity index (χ0v) is 9.21. The third kappa shape index (κ3) is 2.09. The number of carboxylic acid groups (broad SMARTS) is 1. The Labute approximate surface area is 95.2 Å². The molecule has 0 saturated carbocycles. The van der Waals surface area contributed by atoms with Crippen LogP contribution in [0.1, 0.15) is 16.1 Å². The van der Waals surface area contributed by atoms with E-state index < -0.39 is 5.97 Å². The average Bonchev–Trinajstić information content (AvgIpc) is 2.64. The number of aromatic nitrogens is 1. The topological polar surface area (TPSA) is 50.2 Å². The molecule has 0 aliphatic rings. The van der Waals surface area contributed by atoms with Gasteiger partial charge in [0.15, 0.2) is 5.69 Å². The third-order valence-electron chi connectivity index (χ3n) is 2.01. The van der Waals surface area contributed by atoms with Crippen molar-refractivity contribution in [3.63, 3.8) is 0 Å². The van der Waals surface area contributed by atoms with Crippen molar-refractivity contribution >= 4 is 17.3 Å². The number of hydrogen-bond donors (Lipinski definition) is 1. The van der Waals surface area contributed by atoms with Crippen LogP contribution in [0.2, 0.25) is 0 Å². The second-order valence-corrected chi connectivity index (χ2v) is 4.22. The molecule has 0 bridgehead atoms. The predicted molar refractivity (Wildman–Crippen MR) is 59.2 cm³/mol. The van der Waals surface area contributed by atoms with Crippen LogP contribution in [0.5, 0.6) is 0 Å². The van der Waals surface area contributed by atoms with E-state index >= 15 is 0 Å². The van der Waals surface area contributed by atoms with E-state index in [1.54, 1.807) is 13.0 Å². The van der Waals surface area contributed by atoms with Crippen molar-refractivity contribution in [2.24, 2.45) is 0 Å². The summed E-state index contributed by atoms with van der Waals surface area (Å²) in [5.41, 5.74) is 1.37. The molecule has 0 fully saturated rings. The van der Waals surface area contributed by atoms with Crippen molar-refractivity contribution in [1.82, 2.24) is 4.98 Å². The van der Waals surface area contributed by atoms with Crippen molar-refractivity contribution in [2.45, 2.75) is 6.92 Å². The molecule has 1 aromatic heterocycles. The first-order valence-electron chi connectivity index (χ1n) is 4.52. The standard InChI is InChI=1S/C11H8FNO2S/c1-6-2-7(4-8(12)3-6)10-13-9(5-16-10)11(14)15/h2-5H,1H3,(H,14,15). The highest BCUT2D eigenvalue weighted by atomic mass is 32.1. The van der Waals surface area contributed by atoms with Crippen LogP contribution in [0.25, 0.3) is 10.6 Å². The number of aromatic carboxylic acids is 1. The largest absolute Gasteiger partial charge is 0.476 e. The van der Waals surface area contributed by atoms with Crippen LogP contribution in [0.15, 0.2) is 23.6 Å². The van der Waals surface area contributed by atoms with E-state index in [4.69, 9.17) is 5.11 Å². The maximum atomic E-state index is 13.1. The van der Waals surface area contributed by atoms with Gasteiger partial charge in [-0.1, -0.05) is 0 Å². The van der Waals surface area contributed by atoms with Crippen LogP contribution < -0.4 is 0 Å². The van der Waals surface area contributed by atoms with Gasteiger partial charge in [-0.25, -0.2) is 14.2 Å². The van der Waals surface area contributed by atoms with Gasteiger partial charge < -0.3 is 5.11 Å². The van der Waals surface area contributed by atoms with Crippen molar-refractivity contribution in [2.75, 3.05) is 0 Å². The maximum absolute atomic E-state index is 13.1. The Balaban J connectivity index is 2.46. The van der Waals surface area contributed by atoms with Crippen molar-refractivity contribution in [3.05, 3.63) is 40.7 Å². The van der Waals surface area contributed by atoms with Gasteiger partial charge in [-0.05, 0) is 30.7 Å². The highest BCUT2D eigenvalue weighted by Crippen LogP contribution is 2.25. The number of rotatable bonds is 2. The molecule has 0 atom stereocenters. The molecule has 1 heterocycles. The van der Waals surface area contributed by atoms with Crippen molar-refractivity contribution in [1.29, 1.82) is 0 Å². The molecular weight excluding hydrogens is 229 g/mol. The summed E-state index contributed by atoms with van der Waals surface area (Å²) >= 11 is 1.19. The summed E-state index contributed by atoms with van der Waals surface area (Å²) in [5.74, 6) is -1.42. The second-order valence-electron chi connectivity index (χ2n) is 3.36. The summed E-state index contributed by atoms with van der Waals surface area (Å²) < 4.78 is 13.1. The maximum Gasteiger partial charge on any atom is 0.355 e. The zero-order valence-electron chi connectivity index (χ0n) is 8.40. The molecule has 82 valence electrons. The lowest BCUT2D eigenvalue weighted by atomic mass is 10.1. The molecule has 0 aliphatic heterocycles. The summed E-state index contributed by atoms with van der Waals surface area (Å²) in [5, 5.41) is 10.7. The minimum Gasteiger partial charge on any atom is -0.476 e. The summed E-state index contributed by atoms with van der Waals surface area (Å²) in [7, 11) is 0. The van der Waals surface area contributed by atoms with Crippen LogP contribution in [0.4, 0.5) is 4.39 Å². The number of halogens is 1. The van der Waals surface area contributed by atoms with Crippen LogP contribution >= 0.6 is 11.3 Å². The molecule has 0 spiro atoms. The summed E-state index contributed by atoms with van der Waals surface area (Å²) in [6.07, 6.45) is 0. The molecule has 2 aromatic rings. The number of carbonyl (C=O) groups is 1. The first kappa shape index (κ1) is 10.8. The first-order chi connectivity index (χ1) is 7.56. The van der Waals surface area contributed by atoms with Gasteiger partial charge in [-0.15, -0.1) is 11.3 Å². The van der Waals surface area contributed by atoms with E-state index in [1.807, 2.05) is 0 Å². The van der Waals surface area contributed by atoms with Gasteiger partial charge in [0.1, 0.15) is 10.8 Å². The quantitative estimate of drug-likeness (QED) is 0.873. The fourth-order valence-corrected chi connectivity index (χ4v) is 2.15. The van der Waals surface area contributed by atoms with Crippen molar-refractivity contribution < 1.29 is 14.3 Å². The van der Waals surface area contributed by atoms with Crippen LogP contribution in [-0.4, -0.2) is 16.1 Å². The SMILES string of the molecule is Cc1cc(F)cc(-c2nc(C(=O)O)cs2)c1. The van der Waals surface area contributed by atoms with E-state index in [1.165, 1.54) is 28.8 Å². The molecular formula is C11H8FNO2S. The number of benzene rings is 1. The molecule has 0 aliphatic carbocycles. The van der Waals surface area contributed by atoms with E-state index in [-0.39, 0.29) is 11.5 Å². The van der Waals surface area contributed by atoms with Crippen molar-refractivity contribution in [3.8, 4) is 10.6 Å². The number of carboxylic acids is 1. The lowest BCUT2D eigenvalue weighted by molar-refractivity contribution is 0.0691. The fraction of sp³-hybridized carbons (Fsp3) is 0.0909. The third-order valence-corrected chi connectivity index (χ3v) is 2.90. The van der Waals surface area contributed by atoms with Gasteiger partial charge in [0.05, 0.1) is 0 Å². The Bertz CT molecular complexity index is 530. The molecule has 1 N–H and O–H groups in total. The number of aryl methyl sites for hydroxylation is 1. The smallest absolute Gasteiger partial charge is 0.355 e. The lowest BCUT2D eigenvalue weighted by Crippen LogP contribution is -1.95. The molecule has 0 saturated heterocycles. The van der Waals surface area contributed by atoms with Gasteiger partial charge in [0.2, 0.25) is 0 Å². The van der Waals surface area contributed by atoms with Crippen LogP contribution in [0.3, 0.4) is 0 Å². The second kappa shape index (κ2) is 4.02. The molecule has 1 aromatic carbocycles. The highest BCUT2D eigenvalue weighted by Gasteiger charge is 2.10. The van der Waals surface area contributed by atoms with E-state index in [0.717, 1.165) is 5.56 Å². The molecule has 2 rings (SSSR count). The molecule has 0 unspecified atom stereocenters. The van der Waals surface area contributed by atoms with E-state index in [0.29, 0.717) is 10.6 Å². The Morgan fingerprint density at radius 3 is 2.75 bits per heavy atom. The average molecular weight is 237 g/mol. The minimum absolute atomic E-state index is 0.0121. The molecule has 3 nitrogen and oxygen atoms in total. The highest BCUT2D eigenvalue weighted by molar-refractivity contribution is 7.13. The summed E-state index contributed by atoms with van der Waals surface area (Å²) in [6.45, 7) is 1.78. The number of nitrogens with zero attached hydrogens (tertiary/aromatic N) is 1. The molecule has 0 radical (unpaired) electrons. The monoisotopic (exact) mass is 237 g/mol. The Kier molecular flexibility index (Phi) is 2.70. The van der Waals surface area contributed by atoms with Gasteiger partial charge in [0.25, 0.3) is 0 Å². The lowest BCUT2D eigenvalue weighted by Gasteiger charge is -1.98. The van der Waals surface area contributed by atoms with E-state index in [2.05, 4.69) is 4.98 Å². The minimum atomic E-state index is -1.07. The molecule has 0 amide bonds. The fourth-order valence-electron chi connectivity index (χ4n) is 1.36. The van der Waals surface area contributed by atoms with Gasteiger partial charge in [-0.2, -0.15) is 0 Å². The number of thiazole rings is 1.